The lowest BCUT2D eigenvalue weighted by molar-refractivity contribution is 0.0979. The Bertz CT molecular complexity index is 1330. The SMILES string of the molecule is CN1CC(CCC(Nc2cccc(SNC(=O)c3ccc(C(C)(C)C)nc3F)n2)c2ccc(Cl)cn2)CC1(C)C. The van der Waals surface area contributed by atoms with Gasteiger partial charge < -0.3 is 10.2 Å². The van der Waals surface area contributed by atoms with Crippen LogP contribution in [0.1, 0.15) is 81.7 Å². The highest BCUT2D eigenvalue weighted by Gasteiger charge is 2.35. The van der Waals surface area contributed by atoms with Gasteiger partial charge in [-0.15, -0.1) is 0 Å². The smallest absolute Gasteiger partial charge is 0.266 e. The number of nitrogens with one attached hydrogen (secondary N) is 2. The molecule has 4 heterocycles. The topological polar surface area (TPSA) is 83.0 Å². The average Bonchev–Trinajstić information content (AvgIpc) is 3.16. The summed E-state index contributed by atoms with van der Waals surface area (Å²) in [6, 6.07) is 12.4. The fraction of sp³-hybridized carbons (Fsp3) is 0.467. The van der Waals surface area contributed by atoms with Crippen molar-refractivity contribution < 1.29 is 9.18 Å². The van der Waals surface area contributed by atoms with E-state index in [2.05, 4.69) is 50.8 Å². The molecule has 40 heavy (non-hydrogen) atoms. The Morgan fingerprint density at radius 3 is 2.60 bits per heavy atom. The Balaban J connectivity index is 1.42. The number of halogens is 2. The first-order chi connectivity index (χ1) is 18.8. The largest absolute Gasteiger partial charge is 0.362 e. The maximum atomic E-state index is 14.6. The fourth-order valence-corrected chi connectivity index (χ4v) is 5.66. The van der Waals surface area contributed by atoms with Crippen LogP contribution < -0.4 is 10.0 Å². The monoisotopic (exact) mass is 584 g/mol. The molecular formula is C30H38ClFN6OS. The Morgan fingerprint density at radius 1 is 1.20 bits per heavy atom. The lowest BCUT2D eigenvalue weighted by atomic mass is 9.91. The standard InChI is InChI=1S/C30H38ClFN6OS/c1-29(2,3)24-15-12-21(27(32)35-24)28(39)37-40-26-9-7-8-25(36-26)34-23(22-14-11-20(31)17-33-22)13-10-19-16-30(4,5)38(6)18-19/h7-9,11-12,14-15,17,19,23H,10,13,16,18H2,1-6H3,(H,34,36)(H,37,39). The van der Waals surface area contributed by atoms with E-state index in [1.165, 1.54) is 6.07 Å². The molecule has 10 heteroatoms. The number of rotatable bonds is 9. The molecule has 1 saturated heterocycles. The van der Waals surface area contributed by atoms with Crippen LogP contribution in [0.25, 0.3) is 0 Å². The molecule has 0 aliphatic carbocycles. The van der Waals surface area contributed by atoms with E-state index in [0.29, 0.717) is 27.5 Å². The first-order valence-electron chi connectivity index (χ1n) is 13.5. The molecule has 1 amide bonds. The van der Waals surface area contributed by atoms with Gasteiger partial charge in [-0.3, -0.25) is 14.5 Å². The van der Waals surface area contributed by atoms with E-state index in [9.17, 15) is 9.18 Å². The van der Waals surface area contributed by atoms with Crippen LogP contribution in [0, 0.1) is 11.9 Å². The van der Waals surface area contributed by atoms with Gasteiger partial charge in [-0.1, -0.05) is 38.4 Å². The zero-order valence-electron chi connectivity index (χ0n) is 24.0. The summed E-state index contributed by atoms with van der Waals surface area (Å²) in [5, 5.41) is 4.69. The van der Waals surface area contributed by atoms with Crippen molar-refractivity contribution in [1.82, 2.24) is 24.6 Å². The zero-order chi connectivity index (χ0) is 29.1. The van der Waals surface area contributed by atoms with E-state index in [1.807, 2.05) is 45.0 Å². The zero-order valence-corrected chi connectivity index (χ0v) is 25.5. The predicted molar refractivity (Wildman–Crippen MR) is 160 cm³/mol. The second kappa shape index (κ2) is 12.4. The molecule has 0 saturated carbocycles. The summed E-state index contributed by atoms with van der Waals surface area (Å²) in [5.41, 5.74) is 1.26. The summed E-state index contributed by atoms with van der Waals surface area (Å²) < 4.78 is 17.3. The van der Waals surface area contributed by atoms with Crippen LogP contribution in [0.2, 0.25) is 5.02 Å². The number of hydrogen-bond donors (Lipinski definition) is 2. The summed E-state index contributed by atoms with van der Waals surface area (Å²) in [6.45, 7) is 11.5. The van der Waals surface area contributed by atoms with Crippen LogP contribution in [0.3, 0.4) is 0 Å². The highest BCUT2D eigenvalue weighted by Crippen LogP contribution is 2.35. The van der Waals surface area contributed by atoms with Gasteiger partial charge in [-0.05, 0) is 82.5 Å². The minimum absolute atomic E-state index is 0.0601. The maximum Gasteiger partial charge on any atom is 0.266 e. The molecule has 2 unspecified atom stereocenters. The molecule has 1 aliphatic heterocycles. The summed E-state index contributed by atoms with van der Waals surface area (Å²) in [6.07, 6.45) is 4.75. The second-order valence-electron chi connectivity index (χ2n) is 12.1. The van der Waals surface area contributed by atoms with E-state index >= 15 is 0 Å². The maximum absolute atomic E-state index is 14.6. The van der Waals surface area contributed by atoms with Crippen LogP contribution in [0.5, 0.6) is 0 Å². The lowest BCUT2D eigenvalue weighted by Gasteiger charge is -2.26. The summed E-state index contributed by atoms with van der Waals surface area (Å²) in [7, 11) is 2.19. The lowest BCUT2D eigenvalue weighted by Crippen LogP contribution is -2.34. The Hall–Kier alpha value is -2.75. The number of anilines is 1. The summed E-state index contributed by atoms with van der Waals surface area (Å²) >= 11 is 7.13. The highest BCUT2D eigenvalue weighted by molar-refractivity contribution is 7.97. The number of nitrogens with zero attached hydrogens (tertiary/aromatic N) is 4. The van der Waals surface area contributed by atoms with Crippen LogP contribution in [-0.2, 0) is 5.41 Å². The Morgan fingerprint density at radius 2 is 1.98 bits per heavy atom. The van der Waals surface area contributed by atoms with Crippen molar-refractivity contribution in [3.8, 4) is 0 Å². The highest BCUT2D eigenvalue weighted by atomic mass is 35.5. The Labute approximate surface area is 245 Å². The third-order valence-electron chi connectivity index (χ3n) is 7.48. The number of amides is 1. The average molecular weight is 585 g/mol. The van der Waals surface area contributed by atoms with E-state index < -0.39 is 11.9 Å². The molecule has 1 aliphatic rings. The molecule has 0 radical (unpaired) electrons. The summed E-state index contributed by atoms with van der Waals surface area (Å²) in [5.74, 6) is -0.0892. The van der Waals surface area contributed by atoms with Crippen molar-refractivity contribution in [2.75, 3.05) is 18.9 Å². The minimum Gasteiger partial charge on any atom is -0.362 e. The third kappa shape index (κ3) is 7.71. The molecule has 214 valence electrons. The number of likely N-dealkylation sites (tertiary alicyclic amines) is 1. The van der Waals surface area contributed by atoms with Gasteiger partial charge in [0, 0.05) is 41.3 Å². The van der Waals surface area contributed by atoms with Gasteiger partial charge in [0.2, 0.25) is 5.95 Å². The molecule has 4 rings (SSSR count). The van der Waals surface area contributed by atoms with Gasteiger partial charge in [0.05, 0.1) is 22.3 Å². The molecule has 0 bridgehead atoms. The second-order valence-corrected chi connectivity index (χ2v) is 13.4. The van der Waals surface area contributed by atoms with Crippen LogP contribution in [-0.4, -0.2) is 44.9 Å². The van der Waals surface area contributed by atoms with Crippen molar-refractivity contribution in [2.45, 2.75) is 75.9 Å². The molecule has 0 spiro atoms. The first-order valence-corrected chi connectivity index (χ1v) is 14.7. The van der Waals surface area contributed by atoms with Crippen LogP contribution >= 0.6 is 23.5 Å². The molecule has 2 atom stereocenters. The quantitative estimate of drug-likeness (QED) is 0.206. The van der Waals surface area contributed by atoms with E-state index in [4.69, 9.17) is 11.6 Å². The number of aromatic nitrogens is 3. The Kier molecular flexibility index (Phi) is 9.37. The van der Waals surface area contributed by atoms with Gasteiger partial charge in [-0.25, -0.2) is 9.97 Å². The predicted octanol–water partition coefficient (Wildman–Crippen LogP) is 7.06. The first kappa shape index (κ1) is 30.2. The van der Waals surface area contributed by atoms with Gasteiger partial charge in [0.25, 0.3) is 5.91 Å². The van der Waals surface area contributed by atoms with Gasteiger partial charge in [0.15, 0.2) is 0 Å². The molecule has 1 fully saturated rings. The van der Waals surface area contributed by atoms with Crippen molar-refractivity contribution in [1.29, 1.82) is 0 Å². The van der Waals surface area contributed by atoms with Crippen molar-refractivity contribution in [3.05, 3.63) is 76.6 Å². The van der Waals surface area contributed by atoms with Gasteiger partial charge >= 0.3 is 0 Å². The number of carbonyl (C=O) groups is 1. The van der Waals surface area contributed by atoms with Crippen molar-refractivity contribution >= 4 is 35.3 Å². The van der Waals surface area contributed by atoms with Crippen LogP contribution in [0.4, 0.5) is 10.2 Å². The third-order valence-corrected chi connectivity index (χ3v) is 8.43. The van der Waals surface area contributed by atoms with Gasteiger partial charge in [-0.2, -0.15) is 4.39 Å². The van der Waals surface area contributed by atoms with E-state index in [-0.39, 0.29) is 22.6 Å². The number of hydrogen-bond acceptors (Lipinski definition) is 7. The molecule has 2 N–H and O–H groups in total. The number of pyridine rings is 3. The fourth-order valence-electron chi connectivity index (χ4n) is 4.95. The molecular weight excluding hydrogens is 547 g/mol. The molecule has 3 aromatic rings. The van der Waals surface area contributed by atoms with Crippen molar-refractivity contribution in [2.24, 2.45) is 5.92 Å². The van der Waals surface area contributed by atoms with E-state index in [1.54, 1.807) is 18.3 Å². The van der Waals surface area contributed by atoms with Crippen LogP contribution in [0.15, 0.2) is 53.7 Å². The molecule has 7 nitrogen and oxygen atoms in total. The molecule has 0 aromatic carbocycles. The minimum atomic E-state index is -0.788. The van der Waals surface area contributed by atoms with E-state index in [0.717, 1.165) is 43.4 Å². The normalized spacial score (nSPS) is 17.9. The van der Waals surface area contributed by atoms with Gasteiger partial charge in [0.1, 0.15) is 10.8 Å². The van der Waals surface area contributed by atoms with Crippen molar-refractivity contribution in [3.63, 3.8) is 0 Å². The number of carbonyl (C=O) groups excluding carboxylic acids is 1. The molecule has 3 aromatic heterocycles. The summed E-state index contributed by atoms with van der Waals surface area (Å²) in [4.78, 5) is 28.3.